The molecule has 0 aromatic heterocycles. The van der Waals surface area contributed by atoms with Crippen molar-refractivity contribution in [1.29, 1.82) is 0 Å². The van der Waals surface area contributed by atoms with Crippen LogP contribution in [0.1, 0.15) is 53.4 Å². The maximum Gasteiger partial charge on any atom is 0.227 e. The van der Waals surface area contributed by atoms with Gasteiger partial charge in [0.25, 0.3) is 0 Å². The van der Waals surface area contributed by atoms with Gasteiger partial charge in [-0.2, -0.15) is 0 Å². The second-order valence-electron chi connectivity index (χ2n) is 7.07. The van der Waals surface area contributed by atoms with E-state index in [1.54, 1.807) is 0 Å². The fraction of sp³-hybridized carbons (Fsp3) is 0.933. The number of likely N-dealkylation sites (tertiary alicyclic amines) is 1. The average Bonchev–Trinajstić information content (AvgIpc) is 2.82. The third-order valence-electron chi connectivity index (χ3n) is 5.61. The van der Waals surface area contributed by atoms with Gasteiger partial charge in [0.05, 0.1) is 0 Å². The van der Waals surface area contributed by atoms with Gasteiger partial charge in [-0.05, 0) is 23.7 Å². The molecule has 18 heavy (non-hydrogen) atoms. The van der Waals surface area contributed by atoms with E-state index in [4.69, 9.17) is 11.6 Å². The molecule has 3 heteroatoms. The first-order valence-electron chi connectivity index (χ1n) is 7.20. The van der Waals surface area contributed by atoms with Crippen molar-refractivity contribution in [2.75, 3.05) is 12.4 Å². The summed E-state index contributed by atoms with van der Waals surface area (Å²) in [5.41, 5.74) is 0.264. The Bertz CT molecular complexity index is 323. The normalized spacial score (nSPS) is 30.9. The van der Waals surface area contributed by atoms with Crippen molar-refractivity contribution in [3.63, 3.8) is 0 Å². The average molecular weight is 272 g/mol. The lowest BCUT2D eigenvalue weighted by Crippen LogP contribution is -2.43. The Hall–Kier alpha value is -0.240. The quantitative estimate of drug-likeness (QED) is 0.702. The first-order valence-corrected chi connectivity index (χ1v) is 7.74. The Morgan fingerprint density at radius 2 is 1.78 bits per heavy atom. The number of halogens is 1. The molecule has 0 N–H and O–H groups in total. The molecule has 2 nitrogen and oxygen atoms in total. The van der Waals surface area contributed by atoms with Gasteiger partial charge in [0.2, 0.25) is 5.91 Å². The highest BCUT2D eigenvalue weighted by Gasteiger charge is 2.69. The van der Waals surface area contributed by atoms with Crippen LogP contribution in [0.5, 0.6) is 0 Å². The van der Waals surface area contributed by atoms with E-state index in [0.717, 1.165) is 19.4 Å². The molecule has 2 rings (SSSR count). The van der Waals surface area contributed by atoms with Crippen LogP contribution in [0.25, 0.3) is 0 Å². The Kier molecular flexibility index (Phi) is 3.70. The summed E-state index contributed by atoms with van der Waals surface area (Å²) in [7, 11) is 0. The molecular formula is C15H26ClNO. The summed E-state index contributed by atoms with van der Waals surface area (Å²) in [6.07, 6.45) is 4.64. The van der Waals surface area contributed by atoms with E-state index in [2.05, 4.69) is 32.6 Å². The van der Waals surface area contributed by atoms with Crippen LogP contribution in [0, 0.1) is 16.7 Å². The zero-order valence-corrected chi connectivity index (χ0v) is 12.9. The van der Waals surface area contributed by atoms with E-state index in [0.29, 0.717) is 11.8 Å². The molecule has 1 aliphatic carbocycles. The number of rotatable bonds is 2. The number of nitrogens with zero attached hydrogens (tertiary/aromatic N) is 1. The molecule has 0 aromatic rings. The molecule has 0 aromatic carbocycles. The molecular weight excluding hydrogens is 246 g/mol. The molecule has 104 valence electrons. The largest absolute Gasteiger partial charge is 0.338 e. The molecule has 0 spiro atoms. The van der Waals surface area contributed by atoms with Gasteiger partial charge in [0.15, 0.2) is 0 Å². The highest BCUT2D eigenvalue weighted by atomic mass is 35.5. The topological polar surface area (TPSA) is 20.3 Å². The lowest BCUT2D eigenvalue weighted by atomic mass is 10.0. The lowest BCUT2D eigenvalue weighted by molar-refractivity contribution is -0.135. The Morgan fingerprint density at radius 3 is 2.28 bits per heavy atom. The van der Waals surface area contributed by atoms with E-state index < -0.39 is 0 Å². The van der Waals surface area contributed by atoms with Crippen molar-refractivity contribution in [2.24, 2.45) is 16.7 Å². The summed E-state index contributed by atoms with van der Waals surface area (Å²) in [6.45, 7) is 9.75. The zero-order chi connectivity index (χ0) is 13.6. The van der Waals surface area contributed by atoms with E-state index in [9.17, 15) is 4.79 Å². The SMILES string of the molecule is CC1(C)C(C(=O)N2CCCCCC2CCl)C1(C)C. The number of hydrogen-bond donors (Lipinski definition) is 0. The van der Waals surface area contributed by atoms with Crippen LogP contribution in [0.2, 0.25) is 0 Å². The first kappa shape index (κ1) is 14.2. The second kappa shape index (κ2) is 4.70. The van der Waals surface area contributed by atoms with Crippen molar-refractivity contribution in [1.82, 2.24) is 4.90 Å². The fourth-order valence-corrected chi connectivity index (χ4v) is 3.93. The Labute approximate surface area is 116 Å². The highest BCUT2D eigenvalue weighted by Crippen LogP contribution is 2.68. The molecule has 1 amide bonds. The summed E-state index contributed by atoms with van der Waals surface area (Å²) < 4.78 is 0. The molecule has 1 unspecified atom stereocenters. The molecule has 2 aliphatic rings. The van der Waals surface area contributed by atoms with E-state index in [1.165, 1.54) is 12.8 Å². The summed E-state index contributed by atoms with van der Waals surface area (Å²) in [4.78, 5) is 14.9. The van der Waals surface area contributed by atoms with Crippen LogP contribution >= 0.6 is 11.6 Å². The van der Waals surface area contributed by atoms with Crippen molar-refractivity contribution in [3.8, 4) is 0 Å². The minimum Gasteiger partial charge on any atom is -0.338 e. The Balaban J connectivity index is 2.13. The van der Waals surface area contributed by atoms with Crippen molar-refractivity contribution in [2.45, 2.75) is 59.4 Å². The van der Waals surface area contributed by atoms with Crippen LogP contribution in [0.15, 0.2) is 0 Å². The second-order valence-corrected chi connectivity index (χ2v) is 7.37. The summed E-state index contributed by atoms with van der Waals surface area (Å²) in [6, 6.07) is 0.258. The van der Waals surface area contributed by atoms with E-state index in [-0.39, 0.29) is 22.8 Å². The van der Waals surface area contributed by atoms with E-state index >= 15 is 0 Å². The Morgan fingerprint density at radius 1 is 1.17 bits per heavy atom. The van der Waals surface area contributed by atoms with Gasteiger partial charge >= 0.3 is 0 Å². The van der Waals surface area contributed by atoms with Gasteiger partial charge in [0.1, 0.15) is 0 Å². The fourth-order valence-electron chi connectivity index (χ4n) is 3.61. The van der Waals surface area contributed by atoms with Crippen LogP contribution in [0.4, 0.5) is 0 Å². The molecule has 1 heterocycles. The van der Waals surface area contributed by atoms with Crippen molar-refractivity contribution in [3.05, 3.63) is 0 Å². The summed E-state index contributed by atoms with van der Waals surface area (Å²) >= 11 is 6.07. The molecule has 2 fully saturated rings. The minimum atomic E-state index is 0.132. The number of alkyl halides is 1. The predicted octanol–water partition coefficient (Wildman–Crippen LogP) is 3.68. The zero-order valence-electron chi connectivity index (χ0n) is 12.1. The van der Waals surface area contributed by atoms with Crippen molar-refractivity contribution >= 4 is 17.5 Å². The van der Waals surface area contributed by atoms with Gasteiger partial charge in [-0.1, -0.05) is 40.5 Å². The maximum absolute atomic E-state index is 12.8. The number of carbonyl (C=O) groups is 1. The third-order valence-corrected chi connectivity index (χ3v) is 5.96. The van der Waals surface area contributed by atoms with Gasteiger partial charge in [-0.3, -0.25) is 4.79 Å². The van der Waals surface area contributed by atoms with Gasteiger partial charge in [-0.25, -0.2) is 0 Å². The molecule has 1 atom stereocenters. The van der Waals surface area contributed by atoms with Gasteiger partial charge in [0, 0.05) is 24.4 Å². The van der Waals surface area contributed by atoms with Crippen LogP contribution in [-0.4, -0.2) is 29.3 Å². The van der Waals surface area contributed by atoms with Crippen molar-refractivity contribution < 1.29 is 4.79 Å². The molecule has 1 saturated heterocycles. The number of carbonyl (C=O) groups excluding carboxylic acids is 1. The van der Waals surface area contributed by atoms with Gasteiger partial charge < -0.3 is 4.90 Å². The molecule has 1 saturated carbocycles. The molecule has 1 aliphatic heterocycles. The predicted molar refractivity (Wildman–Crippen MR) is 75.7 cm³/mol. The maximum atomic E-state index is 12.8. The molecule has 0 radical (unpaired) electrons. The first-order chi connectivity index (χ1) is 8.34. The highest BCUT2D eigenvalue weighted by molar-refractivity contribution is 6.18. The minimum absolute atomic E-state index is 0.132. The van der Waals surface area contributed by atoms with E-state index in [1.807, 2.05) is 0 Å². The van der Waals surface area contributed by atoms with Crippen LogP contribution in [0.3, 0.4) is 0 Å². The number of amides is 1. The van der Waals surface area contributed by atoms with Crippen LogP contribution in [-0.2, 0) is 4.79 Å². The standard InChI is InChI=1S/C15H26ClNO/c1-14(2)12(15(14,3)4)13(18)17-9-7-5-6-8-11(17)10-16/h11-12H,5-10H2,1-4H3. The smallest absolute Gasteiger partial charge is 0.227 e. The monoisotopic (exact) mass is 271 g/mol. The number of hydrogen-bond acceptors (Lipinski definition) is 1. The van der Waals surface area contributed by atoms with Crippen LogP contribution < -0.4 is 0 Å². The molecule has 0 bridgehead atoms. The lowest BCUT2D eigenvalue weighted by Gasteiger charge is -2.29. The van der Waals surface area contributed by atoms with Gasteiger partial charge in [-0.15, -0.1) is 11.6 Å². The third kappa shape index (κ3) is 2.07. The summed E-state index contributed by atoms with van der Waals surface area (Å²) in [5.74, 6) is 1.10. The summed E-state index contributed by atoms with van der Waals surface area (Å²) in [5, 5.41) is 0.